The summed E-state index contributed by atoms with van der Waals surface area (Å²) in [6, 6.07) is 7.94. The van der Waals surface area contributed by atoms with Crippen molar-refractivity contribution >= 4 is 9.84 Å². The quantitative estimate of drug-likeness (QED) is 0.778. The molecule has 0 heterocycles. The van der Waals surface area contributed by atoms with Crippen LogP contribution in [0.2, 0.25) is 0 Å². The summed E-state index contributed by atoms with van der Waals surface area (Å²) in [6.45, 7) is 1.54. The van der Waals surface area contributed by atoms with E-state index in [2.05, 4.69) is 5.11 Å². The topological polar surface area (TPSA) is 70.3 Å². The highest BCUT2D eigenvalue weighted by molar-refractivity contribution is 7.95. The van der Waals surface area contributed by atoms with E-state index in [4.69, 9.17) is 5.53 Å². The fraction of sp³-hybridized carbons (Fsp3) is 0.111. The highest BCUT2D eigenvalue weighted by Gasteiger charge is 2.18. The van der Waals surface area contributed by atoms with E-state index in [-0.39, 0.29) is 9.92 Å². The largest absolute Gasteiger partial charge is 0.225 e. The number of allylic oxidation sites excluding steroid dienone is 1. The summed E-state index contributed by atoms with van der Waals surface area (Å²) in [5.74, 6) is 0. The summed E-state index contributed by atoms with van der Waals surface area (Å²) in [7, 11) is -3.59. The summed E-state index contributed by atoms with van der Waals surface area (Å²) in [4.78, 5) is 0.157. The van der Waals surface area contributed by atoms with E-state index in [1.807, 2.05) is 0 Å². The molecule has 0 atom stereocenters. The maximum atomic E-state index is 11.7. The van der Waals surface area contributed by atoms with Gasteiger partial charge in [-0.25, -0.2) is 13.9 Å². The van der Waals surface area contributed by atoms with Gasteiger partial charge in [-0.05, 0) is 25.1 Å². The molecule has 0 aliphatic heterocycles. The maximum Gasteiger partial charge on any atom is 0.225 e. The summed E-state index contributed by atoms with van der Waals surface area (Å²) in [5.41, 5.74) is 6.74. The van der Waals surface area contributed by atoms with Gasteiger partial charge in [-0.2, -0.15) is 0 Å². The standard InChI is InChI=1S/C9H10N2O2S/c1-2-9(11-10)14(12,13)8-6-4-3-5-7-8/h2-7,10H,1H3/b9-2+,11-10?. The molecule has 0 aliphatic rings. The van der Waals surface area contributed by atoms with Crippen molar-refractivity contribution in [1.29, 1.82) is 5.53 Å². The van der Waals surface area contributed by atoms with Crippen LogP contribution in [0.3, 0.4) is 0 Å². The number of rotatable bonds is 3. The fourth-order valence-corrected chi connectivity index (χ4v) is 2.19. The van der Waals surface area contributed by atoms with Gasteiger partial charge >= 0.3 is 0 Å². The second-order valence-electron chi connectivity index (χ2n) is 2.56. The Kier molecular flexibility index (Phi) is 3.14. The molecular formula is C9H10N2O2S. The summed E-state index contributed by atoms with van der Waals surface area (Å²) in [6.07, 6.45) is 1.30. The van der Waals surface area contributed by atoms with Gasteiger partial charge in [0.05, 0.1) is 4.90 Å². The van der Waals surface area contributed by atoms with Crippen molar-refractivity contribution in [2.75, 3.05) is 0 Å². The zero-order valence-electron chi connectivity index (χ0n) is 7.64. The first-order valence-electron chi connectivity index (χ1n) is 3.97. The first kappa shape index (κ1) is 10.6. The number of hydrogen-bond acceptors (Lipinski definition) is 4. The van der Waals surface area contributed by atoms with Crippen LogP contribution in [0.4, 0.5) is 0 Å². The molecule has 14 heavy (non-hydrogen) atoms. The van der Waals surface area contributed by atoms with Crippen molar-refractivity contribution in [1.82, 2.24) is 0 Å². The van der Waals surface area contributed by atoms with Gasteiger partial charge in [-0.3, -0.25) is 0 Å². The molecule has 0 fully saturated rings. The van der Waals surface area contributed by atoms with Gasteiger partial charge < -0.3 is 0 Å². The third kappa shape index (κ3) is 1.88. The Hall–Kier alpha value is -1.49. The van der Waals surface area contributed by atoms with Gasteiger partial charge in [-0.1, -0.05) is 18.2 Å². The summed E-state index contributed by atoms with van der Waals surface area (Å²) < 4.78 is 23.4. The molecule has 4 nitrogen and oxygen atoms in total. The molecule has 74 valence electrons. The molecular weight excluding hydrogens is 200 g/mol. The minimum Gasteiger partial charge on any atom is -0.217 e. The Balaban J connectivity index is 3.29. The first-order chi connectivity index (χ1) is 6.62. The van der Waals surface area contributed by atoms with Crippen LogP contribution >= 0.6 is 0 Å². The van der Waals surface area contributed by atoms with Crippen LogP contribution in [0, 0.1) is 5.53 Å². The van der Waals surface area contributed by atoms with Gasteiger partial charge in [0, 0.05) is 0 Å². The minimum atomic E-state index is -3.59. The average molecular weight is 210 g/mol. The molecule has 0 saturated heterocycles. The van der Waals surface area contributed by atoms with Crippen LogP contribution < -0.4 is 0 Å². The van der Waals surface area contributed by atoms with Gasteiger partial charge in [0.15, 0.2) is 5.03 Å². The van der Waals surface area contributed by atoms with E-state index in [9.17, 15) is 8.42 Å². The average Bonchev–Trinajstić information content (AvgIpc) is 2.20. The molecule has 1 rings (SSSR count). The molecule has 0 aromatic heterocycles. The lowest BCUT2D eigenvalue weighted by Crippen LogP contribution is -2.02. The second kappa shape index (κ2) is 4.15. The molecule has 0 spiro atoms. The van der Waals surface area contributed by atoms with Crippen molar-refractivity contribution in [3.63, 3.8) is 0 Å². The second-order valence-corrected chi connectivity index (χ2v) is 4.45. The van der Waals surface area contributed by atoms with Crippen molar-refractivity contribution in [3.8, 4) is 0 Å². The molecule has 0 amide bonds. The van der Waals surface area contributed by atoms with Gasteiger partial charge in [-0.15, -0.1) is 5.11 Å². The molecule has 1 aromatic carbocycles. The first-order valence-corrected chi connectivity index (χ1v) is 5.45. The molecule has 0 bridgehead atoms. The number of nitrogens with zero attached hydrogens (tertiary/aromatic N) is 1. The van der Waals surface area contributed by atoms with Crippen LogP contribution in [0.25, 0.3) is 0 Å². The molecule has 0 unspecified atom stereocenters. The van der Waals surface area contributed by atoms with Crippen LogP contribution in [0.1, 0.15) is 6.92 Å². The molecule has 1 N–H and O–H groups in total. The van der Waals surface area contributed by atoms with Crippen LogP contribution in [0.15, 0.2) is 51.4 Å². The monoisotopic (exact) mass is 210 g/mol. The SMILES string of the molecule is C/C=C(\N=N)S(=O)(=O)c1ccccc1. The lowest BCUT2D eigenvalue weighted by molar-refractivity contribution is 0.600. The van der Waals surface area contributed by atoms with Crippen LogP contribution in [-0.4, -0.2) is 8.42 Å². The molecule has 0 radical (unpaired) electrons. The van der Waals surface area contributed by atoms with Crippen molar-refractivity contribution in [3.05, 3.63) is 41.4 Å². The van der Waals surface area contributed by atoms with E-state index in [0.717, 1.165) is 0 Å². The lowest BCUT2D eigenvalue weighted by atomic mass is 10.4. The number of hydrogen-bond donors (Lipinski definition) is 1. The smallest absolute Gasteiger partial charge is 0.217 e. The van der Waals surface area contributed by atoms with Crippen molar-refractivity contribution < 1.29 is 8.42 Å². The predicted octanol–water partition coefficient (Wildman–Crippen LogP) is 2.35. The Labute approximate surface area is 82.7 Å². The highest BCUT2D eigenvalue weighted by Crippen LogP contribution is 2.19. The van der Waals surface area contributed by atoms with E-state index in [1.165, 1.54) is 25.1 Å². The highest BCUT2D eigenvalue weighted by atomic mass is 32.2. The zero-order valence-corrected chi connectivity index (χ0v) is 8.45. The minimum absolute atomic E-state index is 0.157. The van der Waals surface area contributed by atoms with Crippen LogP contribution in [0.5, 0.6) is 0 Å². The Morgan fingerprint density at radius 2 is 1.93 bits per heavy atom. The molecule has 1 aromatic rings. The van der Waals surface area contributed by atoms with Crippen molar-refractivity contribution in [2.24, 2.45) is 5.11 Å². The predicted molar refractivity (Wildman–Crippen MR) is 52.5 cm³/mol. The Morgan fingerprint density at radius 3 is 2.36 bits per heavy atom. The maximum absolute atomic E-state index is 11.7. The van der Waals surface area contributed by atoms with Crippen LogP contribution in [-0.2, 0) is 9.84 Å². The van der Waals surface area contributed by atoms with E-state index in [1.54, 1.807) is 18.2 Å². The molecule has 5 heteroatoms. The lowest BCUT2D eigenvalue weighted by Gasteiger charge is -2.01. The van der Waals surface area contributed by atoms with E-state index in [0.29, 0.717) is 0 Å². The normalized spacial score (nSPS) is 12.5. The van der Waals surface area contributed by atoms with E-state index < -0.39 is 9.84 Å². The molecule has 0 aliphatic carbocycles. The van der Waals surface area contributed by atoms with E-state index >= 15 is 0 Å². The third-order valence-electron chi connectivity index (χ3n) is 1.69. The Morgan fingerprint density at radius 1 is 1.36 bits per heavy atom. The number of benzene rings is 1. The van der Waals surface area contributed by atoms with Gasteiger partial charge in [0.25, 0.3) is 0 Å². The number of sulfone groups is 1. The third-order valence-corrected chi connectivity index (χ3v) is 3.46. The summed E-state index contributed by atoms with van der Waals surface area (Å²) in [5, 5.41) is 2.75. The van der Waals surface area contributed by atoms with Crippen molar-refractivity contribution in [2.45, 2.75) is 11.8 Å². The Bertz CT molecular complexity index is 449. The van der Waals surface area contributed by atoms with Gasteiger partial charge in [0.1, 0.15) is 0 Å². The zero-order chi connectivity index (χ0) is 10.6. The molecule has 0 saturated carbocycles. The van der Waals surface area contributed by atoms with Gasteiger partial charge in [0.2, 0.25) is 9.84 Å². The fourth-order valence-electron chi connectivity index (χ4n) is 1.00. The number of nitrogens with one attached hydrogen (secondary N) is 1. The summed E-state index contributed by atoms with van der Waals surface area (Å²) >= 11 is 0.